The predicted molar refractivity (Wildman–Crippen MR) is 86.5 cm³/mol. The van der Waals surface area contributed by atoms with Crippen LogP contribution in [0, 0.1) is 13.8 Å². The van der Waals surface area contributed by atoms with E-state index in [0.717, 1.165) is 39.6 Å². The molecule has 0 saturated heterocycles. The van der Waals surface area contributed by atoms with Crippen molar-refractivity contribution in [2.24, 2.45) is 0 Å². The van der Waals surface area contributed by atoms with Gasteiger partial charge in [-0.3, -0.25) is 4.79 Å². The lowest BCUT2D eigenvalue weighted by atomic mass is 10.0. The number of rotatable bonds is 2. The number of halogens is 2. The van der Waals surface area contributed by atoms with Crippen molar-refractivity contribution < 1.29 is 4.79 Å². The van der Waals surface area contributed by atoms with Gasteiger partial charge in [0.05, 0.1) is 10.0 Å². The first-order chi connectivity index (χ1) is 9.51. The third-order valence-corrected chi connectivity index (χ3v) is 4.82. The zero-order chi connectivity index (χ0) is 14.4. The maximum atomic E-state index is 11.5. The molecular formula is C15H11Cl2NOS. The molecule has 1 N–H and O–H groups in total. The average Bonchev–Trinajstić information content (AvgIpc) is 2.89. The number of hydrogen-bond donors (Lipinski definition) is 1. The average molecular weight is 324 g/mol. The van der Waals surface area contributed by atoms with E-state index in [1.807, 2.05) is 19.9 Å². The van der Waals surface area contributed by atoms with Gasteiger partial charge in [-0.25, -0.2) is 0 Å². The van der Waals surface area contributed by atoms with Crippen LogP contribution in [-0.4, -0.2) is 11.3 Å². The fourth-order valence-corrected chi connectivity index (χ4v) is 3.99. The molecule has 5 heteroatoms. The van der Waals surface area contributed by atoms with E-state index in [4.69, 9.17) is 23.2 Å². The number of aromatic nitrogens is 1. The van der Waals surface area contributed by atoms with Gasteiger partial charge in [0.15, 0.2) is 6.29 Å². The number of carbonyl (C=O) groups excluding carboxylic acids is 1. The first-order valence-corrected chi connectivity index (χ1v) is 7.62. The van der Waals surface area contributed by atoms with E-state index in [0.29, 0.717) is 14.2 Å². The molecule has 0 amide bonds. The van der Waals surface area contributed by atoms with E-state index in [-0.39, 0.29) is 0 Å². The van der Waals surface area contributed by atoms with E-state index >= 15 is 0 Å². The van der Waals surface area contributed by atoms with Crippen LogP contribution >= 0.6 is 34.5 Å². The molecule has 1 aromatic carbocycles. The van der Waals surface area contributed by atoms with Gasteiger partial charge in [0, 0.05) is 22.0 Å². The topological polar surface area (TPSA) is 32.9 Å². The minimum atomic E-state index is 0.582. The molecule has 0 aliphatic carbocycles. The van der Waals surface area contributed by atoms with E-state index in [9.17, 15) is 4.79 Å². The molecule has 2 heterocycles. The highest BCUT2D eigenvalue weighted by molar-refractivity contribution is 7.20. The van der Waals surface area contributed by atoms with Crippen LogP contribution in [0.25, 0.3) is 22.2 Å². The fourth-order valence-electron chi connectivity index (χ4n) is 2.52. The summed E-state index contributed by atoms with van der Waals surface area (Å²) in [7, 11) is 0. The molecule has 0 spiro atoms. The van der Waals surface area contributed by atoms with Crippen molar-refractivity contribution in [1.29, 1.82) is 0 Å². The van der Waals surface area contributed by atoms with Crippen LogP contribution in [0.4, 0.5) is 0 Å². The minimum Gasteiger partial charge on any atom is -0.354 e. The molecule has 0 aliphatic rings. The third kappa shape index (κ3) is 2.06. The van der Waals surface area contributed by atoms with Crippen molar-refractivity contribution in [1.82, 2.24) is 4.98 Å². The van der Waals surface area contributed by atoms with E-state index in [2.05, 4.69) is 11.1 Å². The maximum Gasteiger partial charge on any atom is 0.152 e. The molecule has 20 heavy (non-hydrogen) atoms. The zero-order valence-electron chi connectivity index (χ0n) is 10.9. The molecule has 3 aromatic rings. The smallest absolute Gasteiger partial charge is 0.152 e. The zero-order valence-corrected chi connectivity index (χ0v) is 13.2. The van der Waals surface area contributed by atoms with Crippen molar-refractivity contribution in [3.63, 3.8) is 0 Å². The summed E-state index contributed by atoms with van der Waals surface area (Å²) < 4.78 is 1.19. The normalized spacial score (nSPS) is 11.2. The number of nitrogens with one attached hydrogen (secondary N) is 1. The van der Waals surface area contributed by atoms with E-state index in [1.54, 1.807) is 6.07 Å². The summed E-state index contributed by atoms with van der Waals surface area (Å²) in [6, 6.07) is 5.88. The number of hydrogen-bond acceptors (Lipinski definition) is 2. The van der Waals surface area contributed by atoms with Crippen LogP contribution in [0.3, 0.4) is 0 Å². The fraction of sp³-hybridized carbons (Fsp3) is 0.133. The predicted octanol–water partition coefficient (Wildman–Crippen LogP) is 5.63. The van der Waals surface area contributed by atoms with E-state index in [1.165, 1.54) is 11.3 Å². The van der Waals surface area contributed by atoms with Gasteiger partial charge in [-0.05, 0) is 31.5 Å². The van der Waals surface area contributed by atoms with Crippen LogP contribution in [-0.2, 0) is 0 Å². The number of aldehydes is 1. The summed E-state index contributed by atoms with van der Waals surface area (Å²) in [4.78, 5) is 14.8. The summed E-state index contributed by atoms with van der Waals surface area (Å²) >= 11 is 13.5. The lowest BCUT2D eigenvalue weighted by Crippen LogP contribution is -1.83. The number of benzene rings is 1. The lowest BCUT2D eigenvalue weighted by molar-refractivity contribution is 0.112. The Kier molecular flexibility index (Phi) is 3.36. The highest BCUT2D eigenvalue weighted by Gasteiger charge is 2.18. The van der Waals surface area contributed by atoms with E-state index < -0.39 is 0 Å². The van der Waals surface area contributed by atoms with Crippen LogP contribution < -0.4 is 0 Å². The molecule has 2 nitrogen and oxygen atoms in total. The quantitative estimate of drug-likeness (QED) is 0.609. The molecule has 0 atom stereocenters. The van der Waals surface area contributed by atoms with Gasteiger partial charge in [0.1, 0.15) is 4.34 Å². The second-order valence-corrected chi connectivity index (χ2v) is 7.06. The molecule has 102 valence electrons. The number of thiophene rings is 1. The van der Waals surface area contributed by atoms with Crippen LogP contribution in [0.5, 0.6) is 0 Å². The summed E-state index contributed by atoms with van der Waals surface area (Å²) in [5.74, 6) is 0. The van der Waals surface area contributed by atoms with Crippen LogP contribution in [0.15, 0.2) is 18.2 Å². The molecule has 0 fully saturated rings. The molecule has 0 aliphatic heterocycles. The Bertz CT molecular complexity index is 832. The molecule has 3 rings (SSSR count). The molecule has 0 saturated carbocycles. The standard InChI is InChI=1S/C15H11Cl2NOS/c1-7-3-8(2)13-9(4-7)11(6-19)14(18-13)10-5-12(16)20-15(10)17/h3-6,18H,1-2H3. The minimum absolute atomic E-state index is 0.582. The van der Waals surface area contributed by atoms with Crippen molar-refractivity contribution in [3.8, 4) is 11.3 Å². The summed E-state index contributed by atoms with van der Waals surface area (Å²) in [6.07, 6.45) is 0.870. The molecule has 0 bridgehead atoms. The van der Waals surface area contributed by atoms with Gasteiger partial charge >= 0.3 is 0 Å². The van der Waals surface area contributed by atoms with Gasteiger partial charge in [-0.1, -0.05) is 34.8 Å². The largest absolute Gasteiger partial charge is 0.354 e. The Hall–Kier alpha value is -1.29. The third-order valence-electron chi connectivity index (χ3n) is 3.33. The molecular weight excluding hydrogens is 313 g/mol. The summed E-state index contributed by atoms with van der Waals surface area (Å²) in [6.45, 7) is 4.04. The van der Waals surface area contributed by atoms with Gasteiger partial charge < -0.3 is 4.98 Å². The van der Waals surface area contributed by atoms with Crippen LogP contribution in [0.1, 0.15) is 21.5 Å². The Morgan fingerprint density at radius 2 is 1.95 bits per heavy atom. The Morgan fingerprint density at radius 3 is 2.55 bits per heavy atom. The molecule has 0 radical (unpaired) electrons. The van der Waals surface area contributed by atoms with Gasteiger partial charge in [-0.2, -0.15) is 0 Å². The van der Waals surface area contributed by atoms with Crippen molar-refractivity contribution in [2.45, 2.75) is 13.8 Å². The highest BCUT2D eigenvalue weighted by atomic mass is 35.5. The number of H-pyrrole nitrogens is 1. The number of fused-ring (bicyclic) bond motifs is 1. The summed E-state index contributed by atoms with van der Waals surface area (Å²) in [5, 5.41) is 0.922. The van der Waals surface area contributed by atoms with Gasteiger partial charge in [0.2, 0.25) is 0 Å². The lowest BCUT2D eigenvalue weighted by Gasteiger charge is -1.98. The second-order valence-electron chi connectivity index (χ2n) is 4.77. The van der Waals surface area contributed by atoms with Crippen molar-refractivity contribution in [3.05, 3.63) is 43.6 Å². The Balaban J connectivity index is 2.39. The number of carbonyl (C=O) groups is 1. The van der Waals surface area contributed by atoms with Crippen molar-refractivity contribution in [2.75, 3.05) is 0 Å². The number of aromatic amines is 1. The maximum absolute atomic E-state index is 11.5. The van der Waals surface area contributed by atoms with Crippen LogP contribution in [0.2, 0.25) is 8.67 Å². The first kappa shape index (κ1) is 13.7. The first-order valence-electron chi connectivity index (χ1n) is 6.04. The van der Waals surface area contributed by atoms with Crippen molar-refractivity contribution >= 4 is 51.7 Å². The van der Waals surface area contributed by atoms with Gasteiger partial charge in [0.25, 0.3) is 0 Å². The van der Waals surface area contributed by atoms with Gasteiger partial charge in [-0.15, -0.1) is 11.3 Å². The Morgan fingerprint density at radius 1 is 1.20 bits per heavy atom. The number of aryl methyl sites for hydroxylation is 2. The monoisotopic (exact) mass is 323 g/mol. The molecule has 2 aromatic heterocycles. The molecule has 0 unspecified atom stereocenters. The Labute approximate surface area is 130 Å². The SMILES string of the molecule is Cc1cc(C)c2[nH]c(-c3cc(Cl)sc3Cl)c(C=O)c2c1. The summed E-state index contributed by atoms with van der Waals surface area (Å²) in [5.41, 5.74) is 5.33. The highest BCUT2D eigenvalue weighted by Crippen LogP contribution is 2.41. The second kappa shape index (κ2) is 4.92.